The molecular weight excluding hydrogens is 442 g/mol. The summed E-state index contributed by atoms with van der Waals surface area (Å²) in [5, 5.41) is 0. The summed E-state index contributed by atoms with van der Waals surface area (Å²) in [6.07, 6.45) is 7.32. The second-order valence-electron chi connectivity index (χ2n) is 10.1. The van der Waals surface area contributed by atoms with Crippen LogP contribution < -0.4 is 14.4 Å². The number of urea groups is 1. The Morgan fingerprint density at radius 2 is 1.77 bits per heavy atom. The Hall–Kier alpha value is -3.06. The molecule has 0 N–H and O–H groups in total. The Labute approximate surface area is 207 Å². The van der Waals surface area contributed by atoms with Crippen LogP contribution in [0.3, 0.4) is 0 Å². The summed E-state index contributed by atoms with van der Waals surface area (Å²) in [4.78, 5) is 22.6. The third-order valence-corrected chi connectivity index (χ3v) is 7.45. The maximum atomic E-state index is 13.9. The van der Waals surface area contributed by atoms with E-state index in [-0.39, 0.29) is 6.03 Å². The molecule has 7 heteroatoms. The maximum Gasteiger partial charge on any atom is 0.329 e. The number of benzene rings is 1. The molecule has 3 aliphatic rings. The Morgan fingerprint density at radius 1 is 1.06 bits per heavy atom. The van der Waals surface area contributed by atoms with Gasteiger partial charge in [0.25, 0.3) is 0 Å². The van der Waals surface area contributed by atoms with Crippen LogP contribution in [0.5, 0.6) is 11.5 Å². The summed E-state index contributed by atoms with van der Waals surface area (Å²) >= 11 is 0. The third-order valence-electron chi connectivity index (χ3n) is 7.45. The van der Waals surface area contributed by atoms with Gasteiger partial charge in [-0.05, 0) is 66.3 Å². The summed E-state index contributed by atoms with van der Waals surface area (Å²) in [7, 11) is 3.28. The standard InChI is InChI=1S/C28H35N3O4/c1-18(2)22-13-26-27-25(12-20(15-29-27)9-19-5-7-35-8-6-19)30(28(32)31(26)17-22)16-21-10-23(33-3)14-24(11-21)34-4/h10-15,18-19,22H,5-9,16-17H2,1-4H3. The number of rotatable bonds is 7. The van der Waals surface area contributed by atoms with Crippen LogP contribution >= 0.6 is 0 Å². The van der Waals surface area contributed by atoms with Crippen molar-refractivity contribution in [3.05, 3.63) is 53.4 Å². The van der Waals surface area contributed by atoms with E-state index in [0.29, 0.717) is 42.3 Å². The van der Waals surface area contributed by atoms with Crippen molar-refractivity contribution in [1.29, 1.82) is 0 Å². The van der Waals surface area contributed by atoms with Crippen molar-refractivity contribution >= 4 is 17.4 Å². The van der Waals surface area contributed by atoms with Gasteiger partial charge in [-0.3, -0.25) is 14.8 Å². The van der Waals surface area contributed by atoms with E-state index in [2.05, 4.69) is 26.0 Å². The molecule has 1 aromatic carbocycles. The van der Waals surface area contributed by atoms with Gasteiger partial charge in [0.2, 0.25) is 0 Å². The van der Waals surface area contributed by atoms with Crippen LogP contribution in [-0.4, -0.2) is 49.9 Å². The Kier molecular flexibility index (Phi) is 6.69. The number of pyridine rings is 1. The molecule has 2 amide bonds. The van der Waals surface area contributed by atoms with E-state index in [0.717, 1.165) is 55.1 Å². The second-order valence-corrected chi connectivity index (χ2v) is 10.1. The van der Waals surface area contributed by atoms with E-state index in [9.17, 15) is 4.79 Å². The number of aromatic nitrogens is 1. The minimum atomic E-state index is -0.00120. The normalized spacial score (nSPS) is 20.1. The highest BCUT2D eigenvalue weighted by Gasteiger charge is 2.40. The molecule has 186 valence electrons. The Balaban J connectivity index is 1.53. The van der Waals surface area contributed by atoms with Crippen molar-refractivity contribution in [3.63, 3.8) is 0 Å². The first-order chi connectivity index (χ1) is 17.0. The number of amides is 2. The first-order valence-corrected chi connectivity index (χ1v) is 12.6. The van der Waals surface area contributed by atoms with Gasteiger partial charge in [-0.15, -0.1) is 0 Å². The summed E-state index contributed by atoms with van der Waals surface area (Å²) in [6.45, 7) is 7.16. The van der Waals surface area contributed by atoms with Gasteiger partial charge in [0.05, 0.1) is 32.1 Å². The molecule has 0 saturated carbocycles. The number of hydrogen-bond donors (Lipinski definition) is 0. The van der Waals surface area contributed by atoms with Crippen LogP contribution in [0.15, 0.2) is 36.5 Å². The fourth-order valence-electron chi connectivity index (χ4n) is 5.28. The van der Waals surface area contributed by atoms with Crippen molar-refractivity contribution in [1.82, 2.24) is 9.88 Å². The van der Waals surface area contributed by atoms with E-state index in [1.54, 1.807) is 14.2 Å². The van der Waals surface area contributed by atoms with Gasteiger partial charge in [-0.1, -0.05) is 19.9 Å². The highest BCUT2D eigenvalue weighted by atomic mass is 16.5. The van der Waals surface area contributed by atoms with Crippen molar-refractivity contribution in [2.75, 3.05) is 38.9 Å². The molecule has 1 aromatic heterocycles. The van der Waals surface area contributed by atoms with Crippen molar-refractivity contribution < 1.29 is 19.0 Å². The zero-order chi connectivity index (χ0) is 24.5. The average Bonchev–Trinajstić information content (AvgIpc) is 3.33. The van der Waals surface area contributed by atoms with E-state index in [1.807, 2.05) is 34.2 Å². The predicted molar refractivity (Wildman–Crippen MR) is 136 cm³/mol. The van der Waals surface area contributed by atoms with Crippen LogP contribution in [0.2, 0.25) is 0 Å². The van der Waals surface area contributed by atoms with Crippen molar-refractivity contribution in [2.24, 2.45) is 17.8 Å². The van der Waals surface area contributed by atoms with Crippen LogP contribution in [0, 0.1) is 17.8 Å². The fourth-order valence-corrected chi connectivity index (χ4v) is 5.28. The average molecular weight is 478 g/mol. The Morgan fingerprint density at radius 3 is 2.43 bits per heavy atom. The molecule has 7 nitrogen and oxygen atoms in total. The number of methoxy groups -OCH3 is 2. The Bertz CT molecular complexity index is 1100. The third kappa shape index (κ3) is 4.74. The van der Waals surface area contributed by atoms with Crippen molar-refractivity contribution in [2.45, 2.75) is 39.7 Å². The zero-order valence-corrected chi connectivity index (χ0v) is 21.1. The van der Waals surface area contributed by atoms with Gasteiger partial charge in [-0.25, -0.2) is 4.79 Å². The maximum absolute atomic E-state index is 13.9. The monoisotopic (exact) mass is 477 g/mol. The smallest absolute Gasteiger partial charge is 0.329 e. The van der Waals surface area contributed by atoms with E-state index < -0.39 is 0 Å². The molecule has 3 aliphatic heterocycles. The number of anilines is 1. The van der Waals surface area contributed by atoms with Crippen LogP contribution in [-0.2, 0) is 17.7 Å². The highest BCUT2D eigenvalue weighted by Crippen LogP contribution is 2.42. The minimum Gasteiger partial charge on any atom is -0.497 e. The lowest BCUT2D eigenvalue weighted by molar-refractivity contribution is 0.0665. The van der Waals surface area contributed by atoms with Gasteiger partial charge in [0, 0.05) is 32.0 Å². The molecule has 1 atom stereocenters. The molecule has 0 bridgehead atoms. The van der Waals surface area contributed by atoms with E-state index >= 15 is 0 Å². The summed E-state index contributed by atoms with van der Waals surface area (Å²) < 4.78 is 16.5. The number of hydrogen-bond acceptors (Lipinski definition) is 5. The van der Waals surface area contributed by atoms with E-state index in [1.165, 1.54) is 5.56 Å². The predicted octanol–water partition coefficient (Wildman–Crippen LogP) is 5.14. The molecule has 0 radical (unpaired) electrons. The second kappa shape index (κ2) is 9.90. The number of fused-ring (bicyclic) bond motifs is 3. The lowest BCUT2D eigenvalue weighted by Gasteiger charge is -2.36. The first kappa shape index (κ1) is 23.7. The molecule has 0 aliphatic carbocycles. The lowest BCUT2D eigenvalue weighted by Crippen LogP contribution is -2.46. The van der Waals surface area contributed by atoms with Gasteiger partial charge < -0.3 is 14.2 Å². The fraction of sp³-hybridized carbons (Fsp3) is 0.500. The SMILES string of the molecule is COc1cc(CN2C(=O)N3CC(C(C)C)C=C3c3ncc(CC4CCOCC4)cc32)cc(OC)c1. The minimum absolute atomic E-state index is 0.00120. The lowest BCUT2D eigenvalue weighted by atomic mass is 9.92. The van der Waals surface area contributed by atoms with Gasteiger partial charge in [0.15, 0.2) is 0 Å². The van der Waals surface area contributed by atoms with Crippen molar-refractivity contribution in [3.8, 4) is 11.5 Å². The molecule has 4 heterocycles. The van der Waals surface area contributed by atoms with Crippen LogP contribution in [0.4, 0.5) is 10.5 Å². The highest BCUT2D eigenvalue weighted by molar-refractivity contribution is 6.04. The first-order valence-electron chi connectivity index (χ1n) is 12.6. The van der Waals surface area contributed by atoms with Gasteiger partial charge in [0.1, 0.15) is 17.2 Å². The molecule has 1 unspecified atom stereocenters. The van der Waals surface area contributed by atoms with Gasteiger partial charge in [-0.2, -0.15) is 0 Å². The quantitative estimate of drug-likeness (QED) is 0.553. The summed E-state index contributed by atoms with van der Waals surface area (Å²) in [5.74, 6) is 2.77. The summed E-state index contributed by atoms with van der Waals surface area (Å²) in [5.41, 5.74) is 4.83. The molecular formula is C28H35N3O4. The van der Waals surface area contributed by atoms with Gasteiger partial charge >= 0.3 is 6.03 Å². The van der Waals surface area contributed by atoms with Crippen LogP contribution in [0.1, 0.15) is 43.5 Å². The zero-order valence-electron chi connectivity index (χ0n) is 21.1. The molecule has 2 aromatic rings. The molecule has 0 spiro atoms. The molecule has 1 fully saturated rings. The van der Waals surface area contributed by atoms with E-state index in [4.69, 9.17) is 19.2 Å². The molecule has 35 heavy (non-hydrogen) atoms. The topological polar surface area (TPSA) is 64.1 Å². The molecule has 5 rings (SSSR count). The summed E-state index contributed by atoms with van der Waals surface area (Å²) in [6, 6.07) is 7.94. The number of nitrogens with zero attached hydrogens (tertiary/aromatic N) is 3. The number of carbonyl (C=O) groups is 1. The number of ether oxygens (including phenoxy) is 3. The largest absolute Gasteiger partial charge is 0.497 e. The van der Waals surface area contributed by atoms with Crippen LogP contribution in [0.25, 0.3) is 5.70 Å². The molecule has 1 saturated heterocycles. The number of carbonyl (C=O) groups excluding carboxylic acids is 1.